The van der Waals surface area contributed by atoms with Crippen LogP contribution in [0.5, 0.6) is 0 Å². The van der Waals surface area contributed by atoms with Gasteiger partial charge in [-0.15, -0.1) is 12.4 Å². The third-order valence-corrected chi connectivity index (χ3v) is 3.74. The molecule has 1 saturated heterocycles. The van der Waals surface area contributed by atoms with Crippen LogP contribution < -0.4 is 10.6 Å². The first kappa shape index (κ1) is 17.2. The average Bonchev–Trinajstić information content (AvgIpc) is 2.39. The van der Waals surface area contributed by atoms with Crippen LogP contribution in [-0.4, -0.2) is 18.5 Å². The quantitative estimate of drug-likeness (QED) is 0.897. The number of halogens is 3. The summed E-state index contributed by atoms with van der Waals surface area (Å²) >= 11 is 5.99. The van der Waals surface area contributed by atoms with Crippen LogP contribution in [-0.2, 0) is 4.79 Å². The molecule has 2 atom stereocenters. The van der Waals surface area contributed by atoms with Crippen molar-refractivity contribution in [3.8, 4) is 0 Å². The van der Waals surface area contributed by atoms with Gasteiger partial charge in [0.2, 0.25) is 5.91 Å². The van der Waals surface area contributed by atoms with Crippen LogP contribution in [0.4, 0.5) is 4.39 Å². The van der Waals surface area contributed by atoms with Crippen molar-refractivity contribution >= 4 is 29.9 Å². The van der Waals surface area contributed by atoms with E-state index in [-0.39, 0.29) is 36.2 Å². The fourth-order valence-electron chi connectivity index (χ4n) is 2.32. The Morgan fingerprint density at radius 1 is 1.50 bits per heavy atom. The molecule has 2 N–H and O–H groups in total. The van der Waals surface area contributed by atoms with E-state index in [9.17, 15) is 9.18 Å². The minimum absolute atomic E-state index is 0. The van der Waals surface area contributed by atoms with Gasteiger partial charge in [0.25, 0.3) is 0 Å². The van der Waals surface area contributed by atoms with E-state index < -0.39 is 0 Å². The summed E-state index contributed by atoms with van der Waals surface area (Å²) in [6, 6.07) is 3.86. The zero-order valence-electron chi connectivity index (χ0n) is 11.3. The Hall–Kier alpha value is -0.840. The number of hydrogen-bond acceptors (Lipinski definition) is 2. The smallest absolute Gasteiger partial charge is 0.237 e. The lowest BCUT2D eigenvalue weighted by Crippen LogP contribution is -2.47. The Kier molecular flexibility index (Phi) is 6.72. The van der Waals surface area contributed by atoms with Crippen molar-refractivity contribution in [2.45, 2.75) is 38.3 Å². The maximum absolute atomic E-state index is 13.0. The van der Waals surface area contributed by atoms with Gasteiger partial charge in [-0.1, -0.05) is 24.1 Å². The van der Waals surface area contributed by atoms with Gasteiger partial charge in [-0.05, 0) is 44.0 Å². The normalized spacial score (nSPS) is 19.9. The molecular weight excluding hydrogens is 302 g/mol. The summed E-state index contributed by atoms with van der Waals surface area (Å²) in [5.41, 5.74) is 0.729. The number of carbonyl (C=O) groups excluding carboxylic acids is 1. The van der Waals surface area contributed by atoms with E-state index in [1.165, 1.54) is 12.1 Å². The fraction of sp³-hybridized carbons (Fsp3) is 0.500. The van der Waals surface area contributed by atoms with Crippen LogP contribution >= 0.6 is 24.0 Å². The Bertz CT molecular complexity index is 464. The van der Waals surface area contributed by atoms with Crippen LogP contribution in [0.1, 0.15) is 37.8 Å². The summed E-state index contributed by atoms with van der Waals surface area (Å²) in [7, 11) is 0. The van der Waals surface area contributed by atoms with Crippen molar-refractivity contribution < 1.29 is 9.18 Å². The molecular formula is C14H19Cl2FN2O. The lowest BCUT2D eigenvalue weighted by molar-refractivity contribution is -0.124. The Morgan fingerprint density at radius 3 is 2.85 bits per heavy atom. The summed E-state index contributed by atoms with van der Waals surface area (Å²) in [4.78, 5) is 12.1. The lowest BCUT2D eigenvalue weighted by Gasteiger charge is -2.25. The standard InChI is InChI=1S/C14H18ClFN2O.ClH/c1-9(11-6-5-10(16)8-12(11)15)18-14(19)13-4-2-3-7-17-13;/h5-6,8-9,13,17H,2-4,7H2,1H3,(H,18,19);1H. The van der Waals surface area contributed by atoms with E-state index in [0.29, 0.717) is 5.02 Å². The number of hydrogen-bond donors (Lipinski definition) is 2. The molecule has 1 aromatic rings. The van der Waals surface area contributed by atoms with Gasteiger partial charge >= 0.3 is 0 Å². The molecule has 0 saturated carbocycles. The predicted octanol–water partition coefficient (Wildman–Crippen LogP) is 3.22. The molecule has 0 aliphatic carbocycles. The number of benzene rings is 1. The molecule has 0 aromatic heterocycles. The van der Waals surface area contributed by atoms with Crippen LogP contribution in [0.15, 0.2) is 18.2 Å². The topological polar surface area (TPSA) is 41.1 Å². The summed E-state index contributed by atoms with van der Waals surface area (Å²) in [6.45, 7) is 2.73. The highest BCUT2D eigenvalue weighted by Gasteiger charge is 2.22. The SMILES string of the molecule is CC(NC(=O)C1CCCCN1)c1ccc(F)cc1Cl.Cl. The van der Waals surface area contributed by atoms with Crippen LogP contribution in [0.25, 0.3) is 0 Å². The van der Waals surface area contributed by atoms with E-state index >= 15 is 0 Å². The molecule has 0 spiro atoms. The molecule has 1 aromatic carbocycles. The van der Waals surface area contributed by atoms with Crippen molar-refractivity contribution in [2.24, 2.45) is 0 Å². The molecule has 1 aliphatic rings. The number of piperidine rings is 1. The number of rotatable bonds is 3. The van der Waals surface area contributed by atoms with Gasteiger partial charge in [0.05, 0.1) is 12.1 Å². The molecule has 2 rings (SSSR count). The van der Waals surface area contributed by atoms with Crippen LogP contribution in [0.2, 0.25) is 5.02 Å². The zero-order chi connectivity index (χ0) is 13.8. The van der Waals surface area contributed by atoms with Gasteiger partial charge in [-0.3, -0.25) is 4.79 Å². The zero-order valence-corrected chi connectivity index (χ0v) is 12.9. The van der Waals surface area contributed by atoms with Gasteiger partial charge in [-0.2, -0.15) is 0 Å². The monoisotopic (exact) mass is 320 g/mol. The van der Waals surface area contributed by atoms with E-state index in [1.54, 1.807) is 6.07 Å². The molecule has 0 bridgehead atoms. The lowest BCUT2D eigenvalue weighted by atomic mass is 10.0. The van der Waals surface area contributed by atoms with Gasteiger partial charge in [0.1, 0.15) is 5.82 Å². The van der Waals surface area contributed by atoms with E-state index in [0.717, 1.165) is 31.4 Å². The van der Waals surface area contributed by atoms with Crippen LogP contribution in [0, 0.1) is 5.82 Å². The highest BCUT2D eigenvalue weighted by atomic mass is 35.5. The minimum Gasteiger partial charge on any atom is -0.348 e. The fourth-order valence-corrected chi connectivity index (χ4v) is 2.65. The second kappa shape index (κ2) is 7.81. The van der Waals surface area contributed by atoms with E-state index in [1.807, 2.05) is 6.92 Å². The number of carbonyl (C=O) groups is 1. The average molecular weight is 321 g/mol. The first-order valence-corrected chi connectivity index (χ1v) is 6.94. The number of nitrogens with one attached hydrogen (secondary N) is 2. The second-order valence-corrected chi connectivity index (χ2v) is 5.31. The third kappa shape index (κ3) is 4.33. The highest BCUT2D eigenvalue weighted by Crippen LogP contribution is 2.23. The predicted molar refractivity (Wildman–Crippen MR) is 80.9 cm³/mol. The maximum atomic E-state index is 13.0. The molecule has 1 heterocycles. The molecule has 0 radical (unpaired) electrons. The molecule has 20 heavy (non-hydrogen) atoms. The molecule has 2 unspecified atom stereocenters. The first-order valence-electron chi connectivity index (χ1n) is 6.56. The van der Waals surface area contributed by atoms with Gasteiger partial charge in [-0.25, -0.2) is 4.39 Å². The van der Waals surface area contributed by atoms with Gasteiger partial charge < -0.3 is 10.6 Å². The maximum Gasteiger partial charge on any atom is 0.237 e. The molecule has 1 amide bonds. The van der Waals surface area contributed by atoms with Gasteiger partial charge in [0.15, 0.2) is 0 Å². The molecule has 6 heteroatoms. The summed E-state index contributed by atoms with van der Waals surface area (Å²) < 4.78 is 13.0. The van der Waals surface area contributed by atoms with Crippen LogP contribution in [0.3, 0.4) is 0 Å². The van der Waals surface area contributed by atoms with Crippen molar-refractivity contribution in [3.63, 3.8) is 0 Å². The summed E-state index contributed by atoms with van der Waals surface area (Å²) in [5, 5.41) is 6.45. The van der Waals surface area contributed by atoms with E-state index in [2.05, 4.69) is 10.6 Å². The van der Waals surface area contributed by atoms with Crippen molar-refractivity contribution in [3.05, 3.63) is 34.6 Å². The highest BCUT2D eigenvalue weighted by molar-refractivity contribution is 6.31. The van der Waals surface area contributed by atoms with Crippen molar-refractivity contribution in [1.29, 1.82) is 0 Å². The molecule has 1 aliphatic heterocycles. The summed E-state index contributed by atoms with van der Waals surface area (Å²) in [6.07, 6.45) is 3.04. The number of amides is 1. The van der Waals surface area contributed by atoms with Gasteiger partial charge in [0, 0.05) is 5.02 Å². The largest absolute Gasteiger partial charge is 0.348 e. The summed E-state index contributed by atoms with van der Waals surface area (Å²) in [5.74, 6) is -0.395. The molecule has 1 fully saturated rings. The second-order valence-electron chi connectivity index (χ2n) is 4.90. The minimum atomic E-state index is -0.374. The molecule has 3 nitrogen and oxygen atoms in total. The third-order valence-electron chi connectivity index (χ3n) is 3.41. The first-order chi connectivity index (χ1) is 9.08. The Balaban J connectivity index is 0.00000200. The Labute approximate surface area is 129 Å². The van der Waals surface area contributed by atoms with E-state index in [4.69, 9.17) is 11.6 Å². The Morgan fingerprint density at radius 2 is 2.25 bits per heavy atom. The molecule has 112 valence electrons. The van der Waals surface area contributed by atoms with Crippen molar-refractivity contribution in [2.75, 3.05) is 6.54 Å². The van der Waals surface area contributed by atoms with Crippen molar-refractivity contribution in [1.82, 2.24) is 10.6 Å².